The van der Waals surface area contributed by atoms with Gasteiger partial charge in [-0.15, -0.1) is 10.2 Å². The molecule has 0 atom stereocenters. The Kier molecular flexibility index (Phi) is 6.84. The highest BCUT2D eigenvalue weighted by molar-refractivity contribution is 7.99. The number of hydrogen-bond donors (Lipinski definition) is 1. The Balaban J connectivity index is 1.45. The zero-order valence-corrected chi connectivity index (χ0v) is 18.5. The zero-order chi connectivity index (χ0) is 23.4. The van der Waals surface area contributed by atoms with Crippen LogP contribution in [0.15, 0.2) is 52.4 Å². The quantitative estimate of drug-likeness (QED) is 0.538. The maximum Gasteiger partial charge on any atom is 0.416 e. The van der Waals surface area contributed by atoms with Crippen LogP contribution in [-0.4, -0.2) is 65.0 Å². The van der Waals surface area contributed by atoms with Crippen LogP contribution < -0.4 is 10.2 Å². The lowest BCUT2D eigenvalue weighted by atomic mass is 10.1. The lowest BCUT2D eigenvalue weighted by Crippen LogP contribution is -2.44. The molecule has 0 bridgehead atoms. The molecule has 0 saturated carbocycles. The fourth-order valence-corrected chi connectivity index (χ4v) is 3.89. The number of carbonyl (C=O) groups excluding carboxylic acids is 1. The highest BCUT2D eigenvalue weighted by atomic mass is 32.2. The topological polar surface area (TPSA) is 87.4 Å². The van der Waals surface area contributed by atoms with Crippen LogP contribution in [0.5, 0.6) is 0 Å². The summed E-state index contributed by atoms with van der Waals surface area (Å²) in [5.41, 5.74) is 0.510. The molecule has 174 valence electrons. The number of benzene rings is 1. The third-order valence-corrected chi connectivity index (χ3v) is 5.90. The van der Waals surface area contributed by atoms with Crippen LogP contribution in [0.1, 0.15) is 5.56 Å². The maximum atomic E-state index is 13.3. The molecule has 1 fully saturated rings. The number of piperazine rings is 1. The number of likely N-dealkylation sites (N-methyl/N-ethyl adjacent to an activating group) is 1. The van der Waals surface area contributed by atoms with E-state index in [9.17, 15) is 18.0 Å². The van der Waals surface area contributed by atoms with Crippen molar-refractivity contribution in [3.8, 4) is 11.5 Å². The van der Waals surface area contributed by atoms with Crippen molar-refractivity contribution in [3.63, 3.8) is 0 Å². The number of alkyl halides is 3. The molecule has 1 N–H and O–H groups in total. The van der Waals surface area contributed by atoms with E-state index in [-0.39, 0.29) is 22.6 Å². The van der Waals surface area contributed by atoms with Gasteiger partial charge in [-0.3, -0.25) is 9.78 Å². The van der Waals surface area contributed by atoms with Gasteiger partial charge in [0, 0.05) is 38.6 Å². The molecule has 0 spiro atoms. The van der Waals surface area contributed by atoms with Crippen molar-refractivity contribution in [2.45, 2.75) is 11.4 Å². The largest absolute Gasteiger partial charge is 0.416 e. The zero-order valence-electron chi connectivity index (χ0n) is 17.7. The molecule has 12 heteroatoms. The summed E-state index contributed by atoms with van der Waals surface area (Å²) in [5.74, 6) is -0.315. The fourth-order valence-electron chi connectivity index (χ4n) is 3.32. The lowest BCUT2D eigenvalue weighted by molar-refractivity contribution is -0.137. The summed E-state index contributed by atoms with van der Waals surface area (Å²) in [6.45, 7) is 2.86. The minimum atomic E-state index is -4.51. The Morgan fingerprint density at radius 3 is 2.67 bits per heavy atom. The summed E-state index contributed by atoms with van der Waals surface area (Å²) in [5, 5.41) is 10.6. The van der Waals surface area contributed by atoms with Crippen LogP contribution in [0, 0.1) is 0 Å². The molecular formula is C21H21F3N6O2S. The third-order valence-electron chi connectivity index (χ3n) is 5.08. The van der Waals surface area contributed by atoms with E-state index in [1.54, 1.807) is 24.5 Å². The number of thioether (sulfide) groups is 1. The van der Waals surface area contributed by atoms with Crippen molar-refractivity contribution in [3.05, 3.63) is 48.3 Å². The van der Waals surface area contributed by atoms with Gasteiger partial charge in [-0.2, -0.15) is 13.2 Å². The summed E-state index contributed by atoms with van der Waals surface area (Å²) in [6, 6.07) is 6.91. The Bertz CT molecular complexity index is 1100. The Labute approximate surface area is 192 Å². The maximum absolute atomic E-state index is 13.3. The second-order valence-corrected chi connectivity index (χ2v) is 8.40. The van der Waals surface area contributed by atoms with Crippen molar-refractivity contribution < 1.29 is 22.4 Å². The van der Waals surface area contributed by atoms with Gasteiger partial charge in [-0.1, -0.05) is 11.8 Å². The summed E-state index contributed by atoms with van der Waals surface area (Å²) in [7, 11) is 1.99. The van der Waals surface area contributed by atoms with E-state index in [1.165, 1.54) is 6.07 Å². The standard InChI is InChI=1S/C21H21F3N6O2S/c1-29-7-9-30(10-8-29)17-5-4-15(21(22,23)24)11-16(17)26-18(31)13-33-20-28-27-19(32-20)14-3-2-6-25-12-14/h2-6,11-12H,7-10,13H2,1H3,(H,26,31). The predicted octanol–water partition coefficient (Wildman–Crippen LogP) is 3.63. The van der Waals surface area contributed by atoms with E-state index in [0.717, 1.165) is 37.0 Å². The number of nitrogens with one attached hydrogen (secondary N) is 1. The highest BCUT2D eigenvalue weighted by Crippen LogP contribution is 2.36. The number of halogens is 3. The minimum Gasteiger partial charge on any atom is -0.411 e. The molecule has 1 aliphatic heterocycles. The molecule has 0 radical (unpaired) electrons. The molecule has 8 nitrogen and oxygen atoms in total. The average molecular weight is 479 g/mol. The van der Waals surface area contributed by atoms with Gasteiger partial charge >= 0.3 is 6.18 Å². The van der Waals surface area contributed by atoms with E-state index >= 15 is 0 Å². The molecule has 1 aromatic carbocycles. The van der Waals surface area contributed by atoms with Gasteiger partial charge in [-0.05, 0) is 37.4 Å². The van der Waals surface area contributed by atoms with Gasteiger partial charge in [0.15, 0.2) is 0 Å². The molecule has 0 aliphatic carbocycles. The van der Waals surface area contributed by atoms with Crippen molar-refractivity contribution in [1.29, 1.82) is 0 Å². The normalized spacial score (nSPS) is 15.0. The van der Waals surface area contributed by atoms with E-state index in [4.69, 9.17) is 4.42 Å². The monoisotopic (exact) mass is 478 g/mol. The SMILES string of the molecule is CN1CCN(c2ccc(C(F)(F)F)cc2NC(=O)CSc2nnc(-c3cccnc3)o2)CC1. The first-order chi connectivity index (χ1) is 15.8. The second-order valence-electron chi connectivity index (χ2n) is 7.47. The fraction of sp³-hybridized carbons (Fsp3) is 0.333. The molecule has 3 heterocycles. The van der Waals surface area contributed by atoms with Crippen LogP contribution in [0.25, 0.3) is 11.5 Å². The van der Waals surface area contributed by atoms with E-state index in [1.807, 2.05) is 11.9 Å². The van der Waals surface area contributed by atoms with Crippen molar-refractivity contribution in [2.24, 2.45) is 0 Å². The summed E-state index contributed by atoms with van der Waals surface area (Å²) >= 11 is 1.000. The van der Waals surface area contributed by atoms with Crippen molar-refractivity contribution in [1.82, 2.24) is 20.1 Å². The number of aromatic nitrogens is 3. The van der Waals surface area contributed by atoms with E-state index in [0.29, 0.717) is 24.3 Å². The molecule has 1 amide bonds. The Hall–Kier alpha value is -3.12. The van der Waals surface area contributed by atoms with Crippen LogP contribution in [0.3, 0.4) is 0 Å². The van der Waals surface area contributed by atoms with Gasteiger partial charge in [0.05, 0.1) is 28.3 Å². The first-order valence-electron chi connectivity index (χ1n) is 10.1. The number of carbonyl (C=O) groups is 1. The number of amides is 1. The molecule has 1 aliphatic rings. The van der Waals surface area contributed by atoms with Crippen molar-refractivity contribution >= 4 is 29.0 Å². The van der Waals surface area contributed by atoms with E-state index < -0.39 is 17.6 Å². The van der Waals surface area contributed by atoms with E-state index in [2.05, 4.69) is 25.4 Å². The Morgan fingerprint density at radius 2 is 1.97 bits per heavy atom. The van der Waals surface area contributed by atoms with Gasteiger partial charge in [0.1, 0.15) is 0 Å². The van der Waals surface area contributed by atoms with Crippen LogP contribution in [0.4, 0.5) is 24.5 Å². The first kappa shape index (κ1) is 23.1. The van der Waals surface area contributed by atoms with Crippen LogP contribution in [0.2, 0.25) is 0 Å². The number of rotatable bonds is 6. The predicted molar refractivity (Wildman–Crippen MR) is 118 cm³/mol. The Morgan fingerprint density at radius 1 is 1.18 bits per heavy atom. The second kappa shape index (κ2) is 9.79. The number of pyridine rings is 1. The molecule has 3 aromatic rings. The van der Waals surface area contributed by atoms with Gasteiger partial charge in [-0.25, -0.2) is 0 Å². The first-order valence-corrected chi connectivity index (χ1v) is 11.1. The van der Waals surface area contributed by atoms with Crippen LogP contribution in [-0.2, 0) is 11.0 Å². The number of hydrogen-bond acceptors (Lipinski definition) is 8. The smallest absolute Gasteiger partial charge is 0.411 e. The summed E-state index contributed by atoms with van der Waals surface area (Å²) < 4.78 is 45.3. The van der Waals surface area contributed by atoms with Gasteiger partial charge in [0.25, 0.3) is 5.22 Å². The summed E-state index contributed by atoms with van der Waals surface area (Å²) in [6.07, 6.45) is -1.33. The highest BCUT2D eigenvalue weighted by Gasteiger charge is 2.32. The lowest BCUT2D eigenvalue weighted by Gasteiger charge is -2.35. The van der Waals surface area contributed by atoms with Crippen molar-refractivity contribution in [2.75, 3.05) is 49.2 Å². The molecule has 33 heavy (non-hydrogen) atoms. The molecule has 0 unspecified atom stereocenters. The molecule has 1 saturated heterocycles. The minimum absolute atomic E-state index is 0.104. The average Bonchev–Trinajstić information content (AvgIpc) is 3.28. The molecular weight excluding hydrogens is 457 g/mol. The summed E-state index contributed by atoms with van der Waals surface area (Å²) in [4.78, 5) is 20.7. The number of nitrogens with zero attached hydrogens (tertiary/aromatic N) is 5. The van der Waals surface area contributed by atoms with Crippen LogP contribution >= 0.6 is 11.8 Å². The van der Waals surface area contributed by atoms with Gasteiger partial charge < -0.3 is 19.5 Å². The van der Waals surface area contributed by atoms with Gasteiger partial charge in [0.2, 0.25) is 11.8 Å². The molecule has 2 aromatic heterocycles. The molecule has 4 rings (SSSR count). The third kappa shape index (κ3) is 5.82. The number of anilines is 2.